The SMILES string of the molecule is O=CCCCNNc1ccccc1. The van der Waals surface area contributed by atoms with Crippen molar-refractivity contribution in [2.24, 2.45) is 0 Å². The van der Waals surface area contributed by atoms with Crippen LogP contribution in [0.5, 0.6) is 0 Å². The molecule has 0 radical (unpaired) electrons. The fraction of sp³-hybridized carbons (Fsp3) is 0.300. The third kappa shape index (κ3) is 4.28. The summed E-state index contributed by atoms with van der Waals surface area (Å²) >= 11 is 0. The zero-order valence-electron chi connectivity index (χ0n) is 7.49. The fourth-order valence-corrected chi connectivity index (χ4v) is 0.960. The quantitative estimate of drug-likeness (QED) is 0.395. The molecule has 0 amide bonds. The molecule has 3 heteroatoms. The molecule has 0 aliphatic rings. The average Bonchev–Trinajstić information content (AvgIpc) is 2.19. The predicted octanol–water partition coefficient (Wildman–Crippen LogP) is 1.58. The number of hydrogen-bond donors (Lipinski definition) is 2. The number of unbranched alkanes of at least 4 members (excludes halogenated alkanes) is 1. The van der Waals surface area contributed by atoms with Gasteiger partial charge in [-0.15, -0.1) is 0 Å². The summed E-state index contributed by atoms with van der Waals surface area (Å²) in [5.74, 6) is 0. The molecule has 0 fully saturated rings. The highest BCUT2D eigenvalue weighted by atomic mass is 16.1. The van der Waals surface area contributed by atoms with Gasteiger partial charge in [0.15, 0.2) is 0 Å². The molecule has 0 aromatic heterocycles. The Morgan fingerprint density at radius 3 is 2.69 bits per heavy atom. The van der Waals surface area contributed by atoms with Gasteiger partial charge in [0, 0.05) is 18.7 Å². The van der Waals surface area contributed by atoms with Crippen LogP contribution in [0.1, 0.15) is 12.8 Å². The van der Waals surface area contributed by atoms with Crippen molar-refractivity contribution in [2.75, 3.05) is 12.0 Å². The minimum atomic E-state index is 0.615. The first kappa shape index (κ1) is 9.74. The summed E-state index contributed by atoms with van der Waals surface area (Å²) in [7, 11) is 0. The maximum atomic E-state index is 9.99. The molecular formula is C10H14N2O. The predicted molar refractivity (Wildman–Crippen MR) is 53.4 cm³/mol. The van der Waals surface area contributed by atoms with Gasteiger partial charge in [-0.1, -0.05) is 18.2 Å². The number of nitrogens with one attached hydrogen (secondary N) is 2. The summed E-state index contributed by atoms with van der Waals surface area (Å²) < 4.78 is 0. The van der Waals surface area contributed by atoms with E-state index in [9.17, 15) is 4.79 Å². The highest BCUT2D eigenvalue weighted by Crippen LogP contribution is 2.02. The molecule has 2 N–H and O–H groups in total. The van der Waals surface area contributed by atoms with E-state index in [0.717, 1.165) is 24.9 Å². The standard InChI is InChI=1S/C10H14N2O/c13-9-5-4-8-11-12-10-6-2-1-3-7-10/h1-3,6-7,9,11-12H,4-5,8H2. The molecular weight excluding hydrogens is 164 g/mol. The van der Waals surface area contributed by atoms with Crippen molar-refractivity contribution in [3.63, 3.8) is 0 Å². The maximum absolute atomic E-state index is 9.99. The van der Waals surface area contributed by atoms with Crippen LogP contribution >= 0.6 is 0 Å². The molecule has 0 heterocycles. The van der Waals surface area contributed by atoms with Crippen LogP contribution in [0.25, 0.3) is 0 Å². The highest BCUT2D eigenvalue weighted by molar-refractivity contribution is 5.49. The number of hydrogen-bond acceptors (Lipinski definition) is 3. The lowest BCUT2D eigenvalue weighted by Crippen LogP contribution is -2.22. The molecule has 1 aromatic carbocycles. The Bertz CT molecular complexity index is 236. The number of hydrazine groups is 1. The van der Waals surface area contributed by atoms with Gasteiger partial charge < -0.3 is 10.2 Å². The number of carbonyl (C=O) groups excluding carboxylic acids is 1. The van der Waals surface area contributed by atoms with Gasteiger partial charge in [0.25, 0.3) is 0 Å². The van der Waals surface area contributed by atoms with Gasteiger partial charge in [-0.3, -0.25) is 0 Å². The van der Waals surface area contributed by atoms with E-state index in [2.05, 4.69) is 10.9 Å². The smallest absolute Gasteiger partial charge is 0.120 e. The van der Waals surface area contributed by atoms with Gasteiger partial charge >= 0.3 is 0 Å². The van der Waals surface area contributed by atoms with Crippen LogP contribution in [0.15, 0.2) is 30.3 Å². The second-order valence-electron chi connectivity index (χ2n) is 2.73. The van der Waals surface area contributed by atoms with Crippen LogP contribution in [0, 0.1) is 0 Å². The lowest BCUT2D eigenvalue weighted by atomic mass is 10.3. The Balaban J connectivity index is 2.10. The first-order valence-electron chi connectivity index (χ1n) is 4.41. The Labute approximate surface area is 78.1 Å². The van der Waals surface area contributed by atoms with E-state index in [-0.39, 0.29) is 0 Å². The largest absolute Gasteiger partial charge is 0.322 e. The topological polar surface area (TPSA) is 41.1 Å². The number of para-hydroxylation sites is 1. The van der Waals surface area contributed by atoms with Gasteiger partial charge in [-0.25, -0.2) is 5.43 Å². The molecule has 0 saturated heterocycles. The third-order valence-electron chi connectivity index (χ3n) is 1.63. The second-order valence-corrected chi connectivity index (χ2v) is 2.73. The zero-order chi connectivity index (χ0) is 9.36. The molecule has 0 aliphatic heterocycles. The van der Waals surface area contributed by atoms with Crippen molar-refractivity contribution >= 4 is 12.0 Å². The molecule has 0 saturated carbocycles. The van der Waals surface area contributed by atoms with E-state index in [1.165, 1.54) is 0 Å². The van der Waals surface area contributed by atoms with E-state index >= 15 is 0 Å². The van der Waals surface area contributed by atoms with E-state index in [4.69, 9.17) is 0 Å². The summed E-state index contributed by atoms with van der Waals surface area (Å²) in [6.07, 6.45) is 2.41. The normalized spacial score (nSPS) is 9.54. The van der Waals surface area contributed by atoms with Crippen molar-refractivity contribution < 1.29 is 4.79 Å². The fourth-order valence-electron chi connectivity index (χ4n) is 0.960. The zero-order valence-corrected chi connectivity index (χ0v) is 7.49. The summed E-state index contributed by atoms with van der Waals surface area (Å²) in [5, 5.41) is 0. The molecule has 0 spiro atoms. The number of aldehydes is 1. The number of rotatable bonds is 6. The minimum Gasteiger partial charge on any atom is -0.322 e. The molecule has 1 aromatic rings. The first-order chi connectivity index (χ1) is 6.43. The molecule has 13 heavy (non-hydrogen) atoms. The average molecular weight is 178 g/mol. The molecule has 0 aliphatic carbocycles. The summed E-state index contributed by atoms with van der Waals surface area (Å²) in [4.78, 5) is 9.99. The summed E-state index contributed by atoms with van der Waals surface area (Å²) in [6, 6.07) is 9.86. The molecule has 0 bridgehead atoms. The molecule has 0 unspecified atom stereocenters. The van der Waals surface area contributed by atoms with Gasteiger partial charge in [0.1, 0.15) is 6.29 Å². The van der Waals surface area contributed by atoms with E-state index in [0.29, 0.717) is 6.42 Å². The van der Waals surface area contributed by atoms with E-state index in [1.807, 2.05) is 30.3 Å². The van der Waals surface area contributed by atoms with Gasteiger partial charge in [0.05, 0.1) is 0 Å². The van der Waals surface area contributed by atoms with E-state index < -0.39 is 0 Å². The Morgan fingerprint density at radius 1 is 1.23 bits per heavy atom. The number of benzene rings is 1. The van der Waals surface area contributed by atoms with E-state index in [1.54, 1.807) is 0 Å². The summed E-state index contributed by atoms with van der Waals surface area (Å²) in [6.45, 7) is 0.799. The molecule has 3 nitrogen and oxygen atoms in total. The van der Waals surface area contributed by atoms with Crippen LogP contribution < -0.4 is 10.9 Å². The first-order valence-corrected chi connectivity index (χ1v) is 4.41. The Morgan fingerprint density at radius 2 is 2.00 bits per heavy atom. The van der Waals surface area contributed by atoms with Crippen molar-refractivity contribution in [2.45, 2.75) is 12.8 Å². The monoisotopic (exact) mass is 178 g/mol. The number of anilines is 1. The molecule has 1 rings (SSSR count). The van der Waals surface area contributed by atoms with Crippen molar-refractivity contribution in [1.29, 1.82) is 0 Å². The minimum absolute atomic E-state index is 0.615. The number of carbonyl (C=O) groups is 1. The lowest BCUT2D eigenvalue weighted by Gasteiger charge is -2.06. The van der Waals surface area contributed by atoms with Crippen LogP contribution in [0.3, 0.4) is 0 Å². The van der Waals surface area contributed by atoms with Crippen molar-refractivity contribution in [1.82, 2.24) is 5.43 Å². The van der Waals surface area contributed by atoms with Gasteiger partial charge in [-0.2, -0.15) is 0 Å². The van der Waals surface area contributed by atoms with Crippen LogP contribution in [-0.2, 0) is 4.79 Å². The maximum Gasteiger partial charge on any atom is 0.120 e. The summed E-state index contributed by atoms with van der Waals surface area (Å²) in [5.41, 5.74) is 7.10. The third-order valence-corrected chi connectivity index (χ3v) is 1.63. The highest BCUT2D eigenvalue weighted by Gasteiger charge is 1.87. The Hall–Kier alpha value is -1.35. The van der Waals surface area contributed by atoms with Crippen LogP contribution in [-0.4, -0.2) is 12.8 Å². The van der Waals surface area contributed by atoms with Crippen molar-refractivity contribution in [3.8, 4) is 0 Å². The van der Waals surface area contributed by atoms with Gasteiger partial charge in [-0.05, 0) is 18.6 Å². The molecule has 0 atom stereocenters. The lowest BCUT2D eigenvalue weighted by molar-refractivity contribution is -0.107. The van der Waals surface area contributed by atoms with Crippen molar-refractivity contribution in [3.05, 3.63) is 30.3 Å². The second kappa shape index (κ2) is 6.20. The Kier molecular flexibility index (Phi) is 4.64. The van der Waals surface area contributed by atoms with Crippen LogP contribution in [0.2, 0.25) is 0 Å². The van der Waals surface area contributed by atoms with Gasteiger partial charge in [0.2, 0.25) is 0 Å². The molecule has 70 valence electrons. The van der Waals surface area contributed by atoms with Crippen LogP contribution in [0.4, 0.5) is 5.69 Å².